The van der Waals surface area contributed by atoms with Crippen LogP contribution in [0.2, 0.25) is 0 Å². The van der Waals surface area contributed by atoms with Crippen molar-refractivity contribution in [1.29, 1.82) is 0 Å². The van der Waals surface area contributed by atoms with Crippen LogP contribution in [0.4, 0.5) is 4.79 Å². The number of carbonyl (C=O) groups excluding carboxylic acids is 1. The summed E-state index contributed by atoms with van der Waals surface area (Å²) < 4.78 is 0. The van der Waals surface area contributed by atoms with Gasteiger partial charge in [-0.2, -0.15) is 4.99 Å². The molecule has 0 radical (unpaired) electrons. The Kier molecular flexibility index (Phi) is 2.91. The van der Waals surface area contributed by atoms with Gasteiger partial charge in [-0.15, -0.1) is 6.58 Å². The summed E-state index contributed by atoms with van der Waals surface area (Å²) in [5, 5.41) is 0. The van der Waals surface area contributed by atoms with Gasteiger partial charge in [-0.3, -0.25) is 4.98 Å². The summed E-state index contributed by atoms with van der Waals surface area (Å²) in [6, 6.07) is 3.14. The molecule has 2 rings (SSSR count). The molecule has 0 bridgehead atoms. The van der Waals surface area contributed by atoms with E-state index in [9.17, 15) is 4.79 Å². The molecule has 2 amide bonds. The summed E-state index contributed by atoms with van der Waals surface area (Å²) in [6.45, 7) is 5.95. The van der Waals surface area contributed by atoms with Gasteiger partial charge >= 0.3 is 6.03 Å². The lowest BCUT2D eigenvalue weighted by Crippen LogP contribution is -2.33. The van der Waals surface area contributed by atoms with Crippen LogP contribution in [0.1, 0.15) is 17.3 Å². The van der Waals surface area contributed by atoms with Gasteiger partial charge in [-0.25, -0.2) is 4.79 Å². The largest absolute Gasteiger partial charge is 0.385 e. The van der Waals surface area contributed by atoms with E-state index >= 15 is 0 Å². The van der Waals surface area contributed by atoms with Crippen molar-refractivity contribution in [3.05, 3.63) is 42.2 Å². The Morgan fingerprint density at radius 3 is 2.94 bits per heavy atom. The first-order valence-corrected chi connectivity index (χ1v) is 5.31. The molecule has 17 heavy (non-hydrogen) atoms. The number of aryl methyl sites for hydroxylation is 1. The van der Waals surface area contributed by atoms with Crippen LogP contribution in [-0.4, -0.2) is 28.3 Å². The fourth-order valence-corrected chi connectivity index (χ4v) is 1.82. The van der Waals surface area contributed by atoms with Crippen molar-refractivity contribution in [3.63, 3.8) is 0 Å². The second kappa shape index (κ2) is 4.37. The SMILES string of the molecule is C=CCN1C(=O)N=C(N)C1c1ccc(C)nc1. The lowest BCUT2D eigenvalue weighted by atomic mass is 10.1. The van der Waals surface area contributed by atoms with Crippen molar-refractivity contribution in [2.24, 2.45) is 10.7 Å². The zero-order valence-corrected chi connectivity index (χ0v) is 9.63. The number of aromatic nitrogens is 1. The topological polar surface area (TPSA) is 71.6 Å². The van der Waals surface area contributed by atoms with Crippen LogP contribution in [0.15, 0.2) is 36.0 Å². The molecule has 0 aromatic carbocycles. The second-order valence-corrected chi connectivity index (χ2v) is 3.90. The van der Waals surface area contributed by atoms with E-state index in [4.69, 9.17) is 5.73 Å². The molecule has 2 heterocycles. The Labute approximate surface area is 99.7 Å². The van der Waals surface area contributed by atoms with Crippen LogP contribution in [0.3, 0.4) is 0 Å². The lowest BCUT2D eigenvalue weighted by molar-refractivity contribution is 0.212. The molecule has 2 N–H and O–H groups in total. The molecule has 5 nitrogen and oxygen atoms in total. The third-order valence-electron chi connectivity index (χ3n) is 2.64. The number of amides is 2. The molecular weight excluding hydrogens is 216 g/mol. The minimum Gasteiger partial charge on any atom is -0.385 e. The van der Waals surface area contributed by atoms with Crippen molar-refractivity contribution in [2.45, 2.75) is 13.0 Å². The number of nitrogens with two attached hydrogens (primary N) is 1. The molecule has 0 spiro atoms. The molecule has 0 saturated heterocycles. The number of hydrogen-bond acceptors (Lipinski definition) is 3. The van der Waals surface area contributed by atoms with Gasteiger partial charge in [0.25, 0.3) is 0 Å². The first kappa shape index (κ1) is 11.3. The van der Waals surface area contributed by atoms with Crippen molar-refractivity contribution in [1.82, 2.24) is 9.88 Å². The number of pyridine rings is 1. The predicted molar refractivity (Wildman–Crippen MR) is 65.6 cm³/mol. The van der Waals surface area contributed by atoms with E-state index in [0.29, 0.717) is 12.4 Å². The molecule has 1 aliphatic rings. The Hall–Kier alpha value is -2.17. The fourth-order valence-electron chi connectivity index (χ4n) is 1.82. The number of aliphatic imine (C=N–C) groups is 1. The molecule has 0 fully saturated rings. The second-order valence-electron chi connectivity index (χ2n) is 3.90. The number of rotatable bonds is 3. The molecule has 88 valence electrons. The third kappa shape index (κ3) is 2.04. The Bertz CT molecular complexity index is 478. The summed E-state index contributed by atoms with van der Waals surface area (Å²) in [5.41, 5.74) is 7.57. The number of nitrogens with zero attached hydrogens (tertiary/aromatic N) is 3. The van der Waals surface area contributed by atoms with Crippen molar-refractivity contribution >= 4 is 11.9 Å². The van der Waals surface area contributed by atoms with Crippen LogP contribution in [0, 0.1) is 6.92 Å². The fraction of sp³-hybridized carbons (Fsp3) is 0.250. The summed E-state index contributed by atoms with van der Waals surface area (Å²) in [7, 11) is 0. The Morgan fingerprint density at radius 1 is 1.59 bits per heavy atom. The molecule has 1 aliphatic heterocycles. The van der Waals surface area contributed by atoms with Gasteiger partial charge in [-0.1, -0.05) is 12.1 Å². The first-order valence-electron chi connectivity index (χ1n) is 5.31. The van der Waals surface area contributed by atoms with Crippen LogP contribution >= 0.6 is 0 Å². The predicted octanol–water partition coefficient (Wildman–Crippen LogP) is 1.41. The Balaban J connectivity index is 2.35. The van der Waals surface area contributed by atoms with Gasteiger partial charge in [0.15, 0.2) is 0 Å². The summed E-state index contributed by atoms with van der Waals surface area (Å²) in [5.74, 6) is 0.308. The highest BCUT2D eigenvalue weighted by Gasteiger charge is 2.33. The Morgan fingerprint density at radius 2 is 2.35 bits per heavy atom. The smallest absolute Gasteiger partial charge is 0.346 e. The summed E-state index contributed by atoms with van der Waals surface area (Å²) in [6.07, 6.45) is 3.37. The maximum atomic E-state index is 11.6. The quantitative estimate of drug-likeness (QED) is 0.798. The van der Waals surface area contributed by atoms with Crippen LogP contribution in [0.25, 0.3) is 0 Å². The van der Waals surface area contributed by atoms with E-state index in [1.165, 1.54) is 0 Å². The standard InChI is InChI=1S/C12H14N4O/c1-3-6-16-10(11(13)15-12(16)17)9-5-4-8(2)14-7-9/h3-5,7,10H,1,6H2,2H3,(H2,13,15,17). The van der Waals surface area contributed by atoms with E-state index in [2.05, 4.69) is 16.6 Å². The van der Waals surface area contributed by atoms with Gasteiger partial charge in [0.1, 0.15) is 11.9 Å². The van der Waals surface area contributed by atoms with E-state index in [-0.39, 0.29) is 12.1 Å². The van der Waals surface area contributed by atoms with Gasteiger partial charge in [0.2, 0.25) is 0 Å². The van der Waals surface area contributed by atoms with Gasteiger partial charge in [0, 0.05) is 24.0 Å². The van der Waals surface area contributed by atoms with E-state index in [1.54, 1.807) is 17.2 Å². The van der Waals surface area contributed by atoms with Crippen molar-refractivity contribution in [2.75, 3.05) is 6.54 Å². The van der Waals surface area contributed by atoms with E-state index in [1.807, 2.05) is 19.1 Å². The third-order valence-corrected chi connectivity index (χ3v) is 2.64. The number of hydrogen-bond donors (Lipinski definition) is 1. The summed E-state index contributed by atoms with van der Waals surface area (Å²) >= 11 is 0. The molecular formula is C12H14N4O. The van der Waals surface area contributed by atoms with Gasteiger partial charge in [0.05, 0.1) is 0 Å². The normalized spacial score (nSPS) is 19.4. The lowest BCUT2D eigenvalue weighted by Gasteiger charge is -2.22. The monoisotopic (exact) mass is 230 g/mol. The number of carbonyl (C=O) groups is 1. The molecule has 1 atom stereocenters. The van der Waals surface area contributed by atoms with E-state index < -0.39 is 0 Å². The number of urea groups is 1. The van der Waals surface area contributed by atoms with Gasteiger partial charge in [-0.05, 0) is 13.0 Å². The first-order chi connectivity index (χ1) is 8.13. The van der Waals surface area contributed by atoms with Gasteiger partial charge < -0.3 is 10.6 Å². The highest BCUT2D eigenvalue weighted by molar-refractivity contribution is 6.03. The van der Waals surface area contributed by atoms with Crippen molar-refractivity contribution in [3.8, 4) is 0 Å². The average molecular weight is 230 g/mol. The zero-order valence-electron chi connectivity index (χ0n) is 9.63. The highest BCUT2D eigenvalue weighted by atomic mass is 16.2. The highest BCUT2D eigenvalue weighted by Crippen LogP contribution is 2.26. The summed E-state index contributed by atoms with van der Waals surface area (Å²) in [4.78, 5) is 21.2. The minimum atomic E-state index is -0.326. The maximum absolute atomic E-state index is 11.6. The molecule has 1 aromatic rings. The molecule has 0 aliphatic carbocycles. The number of amidine groups is 1. The molecule has 5 heteroatoms. The van der Waals surface area contributed by atoms with Crippen molar-refractivity contribution < 1.29 is 4.79 Å². The van der Waals surface area contributed by atoms with E-state index in [0.717, 1.165) is 11.3 Å². The average Bonchev–Trinajstić information content (AvgIpc) is 2.56. The van der Waals surface area contributed by atoms with Crippen LogP contribution in [-0.2, 0) is 0 Å². The zero-order chi connectivity index (χ0) is 12.4. The molecule has 0 saturated carbocycles. The van der Waals surface area contributed by atoms with Crippen LogP contribution in [0.5, 0.6) is 0 Å². The molecule has 1 unspecified atom stereocenters. The minimum absolute atomic E-state index is 0.308. The van der Waals surface area contributed by atoms with Crippen LogP contribution < -0.4 is 5.73 Å². The molecule has 1 aromatic heterocycles. The maximum Gasteiger partial charge on any atom is 0.346 e.